The Morgan fingerprint density at radius 2 is 2.20 bits per heavy atom. The lowest BCUT2D eigenvalue weighted by molar-refractivity contribution is -0.137. The summed E-state index contributed by atoms with van der Waals surface area (Å²) >= 11 is 0. The fourth-order valence-electron chi connectivity index (χ4n) is 1.31. The van der Waals surface area contributed by atoms with Gasteiger partial charge < -0.3 is 14.9 Å². The quantitative estimate of drug-likeness (QED) is 0.777. The Morgan fingerprint density at radius 1 is 1.47 bits per heavy atom. The van der Waals surface area contributed by atoms with Crippen LogP contribution in [0.15, 0.2) is 18.2 Å². The van der Waals surface area contributed by atoms with Crippen molar-refractivity contribution in [3.8, 4) is 11.5 Å². The number of aryl methyl sites for hydroxylation is 1. The largest absolute Gasteiger partial charge is 0.508 e. The zero-order chi connectivity index (χ0) is 11.3. The molecular formula is C11H14O4. The van der Waals surface area contributed by atoms with Crippen molar-refractivity contribution in [1.82, 2.24) is 0 Å². The first kappa shape index (κ1) is 11.4. The summed E-state index contributed by atoms with van der Waals surface area (Å²) in [5.74, 6) is -0.0720. The molecule has 1 rings (SSSR count). The number of methoxy groups -OCH3 is 1. The molecule has 0 aliphatic carbocycles. The maximum Gasteiger partial charge on any atom is 0.303 e. The van der Waals surface area contributed by atoms with Crippen molar-refractivity contribution in [2.24, 2.45) is 0 Å². The molecule has 0 aliphatic rings. The number of rotatable bonds is 5. The SMILES string of the molecule is COc1ccc(CCCC(=O)O)c(O)c1. The Bertz CT molecular complexity index is 346. The van der Waals surface area contributed by atoms with Crippen LogP contribution in [0, 0.1) is 0 Å². The van der Waals surface area contributed by atoms with Crippen LogP contribution in [-0.4, -0.2) is 23.3 Å². The molecule has 1 aromatic carbocycles. The molecule has 0 saturated carbocycles. The zero-order valence-electron chi connectivity index (χ0n) is 8.56. The highest BCUT2D eigenvalue weighted by Crippen LogP contribution is 2.24. The third-order valence-corrected chi connectivity index (χ3v) is 2.13. The summed E-state index contributed by atoms with van der Waals surface area (Å²) in [6.07, 6.45) is 1.20. The van der Waals surface area contributed by atoms with E-state index < -0.39 is 5.97 Å². The summed E-state index contributed by atoms with van der Waals surface area (Å²) in [6.45, 7) is 0. The highest BCUT2D eigenvalue weighted by molar-refractivity contribution is 5.66. The lowest BCUT2D eigenvalue weighted by Crippen LogP contribution is -1.96. The highest BCUT2D eigenvalue weighted by atomic mass is 16.5. The van der Waals surface area contributed by atoms with Gasteiger partial charge in [0.2, 0.25) is 0 Å². The Kier molecular flexibility index (Phi) is 3.97. The molecular weight excluding hydrogens is 196 g/mol. The lowest BCUT2D eigenvalue weighted by Gasteiger charge is -2.05. The standard InChI is InChI=1S/C11H14O4/c1-15-9-6-5-8(10(12)7-9)3-2-4-11(13)14/h5-7,12H,2-4H2,1H3,(H,13,14). The molecule has 0 bridgehead atoms. The van der Waals surface area contributed by atoms with Gasteiger partial charge in [0.05, 0.1) is 7.11 Å². The molecule has 0 amide bonds. The topological polar surface area (TPSA) is 66.8 Å². The molecule has 4 heteroatoms. The number of carbonyl (C=O) groups is 1. The summed E-state index contributed by atoms with van der Waals surface area (Å²) in [6, 6.07) is 5.02. The predicted molar refractivity (Wildman–Crippen MR) is 55.2 cm³/mol. The van der Waals surface area contributed by atoms with E-state index in [1.807, 2.05) is 0 Å². The number of benzene rings is 1. The minimum Gasteiger partial charge on any atom is -0.508 e. The molecule has 82 valence electrons. The van der Waals surface area contributed by atoms with Crippen LogP contribution in [0.5, 0.6) is 11.5 Å². The minimum atomic E-state index is -0.817. The number of aliphatic carboxylic acids is 1. The van der Waals surface area contributed by atoms with E-state index in [4.69, 9.17) is 9.84 Å². The van der Waals surface area contributed by atoms with Gasteiger partial charge in [0.25, 0.3) is 0 Å². The van der Waals surface area contributed by atoms with Crippen molar-refractivity contribution in [3.05, 3.63) is 23.8 Å². The molecule has 0 spiro atoms. The zero-order valence-corrected chi connectivity index (χ0v) is 8.56. The fourth-order valence-corrected chi connectivity index (χ4v) is 1.31. The molecule has 15 heavy (non-hydrogen) atoms. The molecule has 2 N–H and O–H groups in total. The van der Waals surface area contributed by atoms with Crippen molar-refractivity contribution < 1.29 is 19.7 Å². The van der Waals surface area contributed by atoms with E-state index >= 15 is 0 Å². The van der Waals surface area contributed by atoms with Gasteiger partial charge in [-0.15, -0.1) is 0 Å². The predicted octanol–water partition coefficient (Wildman–Crippen LogP) is 1.81. The molecule has 0 heterocycles. The van der Waals surface area contributed by atoms with Gasteiger partial charge in [-0.25, -0.2) is 0 Å². The van der Waals surface area contributed by atoms with Gasteiger partial charge in [0.15, 0.2) is 0 Å². The van der Waals surface area contributed by atoms with Gasteiger partial charge in [0.1, 0.15) is 11.5 Å². The molecule has 0 saturated heterocycles. The van der Waals surface area contributed by atoms with Crippen LogP contribution in [0.2, 0.25) is 0 Å². The van der Waals surface area contributed by atoms with Gasteiger partial charge in [-0.2, -0.15) is 0 Å². The second kappa shape index (κ2) is 5.24. The second-order valence-corrected chi connectivity index (χ2v) is 3.24. The minimum absolute atomic E-state index is 0.117. The second-order valence-electron chi connectivity index (χ2n) is 3.24. The third kappa shape index (κ3) is 3.50. The van der Waals surface area contributed by atoms with Crippen molar-refractivity contribution in [2.45, 2.75) is 19.3 Å². The Balaban J connectivity index is 2.58. The maximum absolute atomic E-state index is 10.3. The van der Waals surface area contributed by atoms with E-state index in [-0.39, 0.29) is 12.2 Å². The molecule has 0 unspecified atom stereocenters. The normalized spacial score (nSPS) is 9.93. The Labute approximate surface area is 88.1 Å². The van der Waals surface area contributed by atoms with E-state index in [0.717, 1.165) is 5.56 Å². The van der Waals surface area contributed by atoms with Crippen molar-refractivity contribution in [1.29, 1.82) is 0 Å². The molecule has 4 nitrogen and oxygen atoms in total. The average Bonchev–Trinajstić information content (AvgIpc) is 2.20. The molecule has 0 radical (unpaired) electrons. The van der Waals surface area contributed by atoms with Crippen LogP contribution in [0.4, 0.5) is 0 Å². The number of hydrogen-bond acceptors (Lipinski definition) is 3. The summed E-state index contributed by atoms with van der Waals surface area (Å²) in [4.78, 5) is 10.3. The van der Waals surface area contributed by atoms with Gasteiger partial charge in [-0.1, -0.05) is 6.07 Å². The monoisotopic (exact) mass is 210 g/mol. The number of ether oxygens (including phenoxy) is 1. The summed E-state index contributed by atoms with van der Waals surface area (Å²) < 4.78 is 4.94. The van der Waals surface area contributed by atoms with E-state index in [2.05, 4.69) is 0 Å². The first-order valence-corrected chi connectivity index (χ1v) is 4.71. The van der Waals surface area contributed by atoms with Crippen LogP contribution >= 0.6 is 0 Å². The van der Waals surface area contributed by atoms with Crippen molar-refractivity contribution >= 4 is 5.97 Å². The Hall–Kier alpha value is -1.71. The van der Waals surface area contributed by atoms with E-state index in [1.54, 1.807) is 12.1 Å². The lowest BCUT2D eigenvalue weighted by atomic mass is 10.1. The number of aromatic hydroxyl groups is 1. The number of carboxylic acid groups (broad SMARTS) is 1. The first-order valence-electron chi connectivity index (χ1n) is 4.71. The van der Waals surface area contributed by atoms with Crippen LogP contribution in [0.25, 0.3) is 0 Å². The number of hydrogen-bond donors (Lipinski definition) is 2. The van der Waals surface area contributed by atoms with Crippen LogP contribution < -0.4 is 4.74 Å². The third-order valence-electron chi connectivity index (χ3n) is 2.13. The van der Waals surface area contributed by atoms with Crippen molar-refractivity contribution in [2.75, 3.05) is 7.11 Å². The fraction of sp³-hybridized carbons (Fsp3) is 0.364. The van der Waals surface area contributed by atoms with Crippen LogP contribution in [-0.2, 0) is 11.2 Å². The number of carboxylic acids is 1. The van der Waals surface area contributed by atoms with Gasteiger partial charge in [-0.3, -0.25) is 4.79 Å². The average molecular weight is 210 g/mol. The molecule has 0 fully saturated rings. The summed E-state index contributed by atoms with van der Waals surface area (Å²) in [5.41, 5.74) is 0.747. The molecule has 1 aromatic rings. The van der Waals surface area contributed by atoms with E-state index in [1.165, 1.54) is 13.2 Å². The van der Waals surface area contributed by atoms with Gasteiger partial charge in [-0.05, 0) is 24.5 Å². The molecule has 0 aliphatic heterocycles. The highest BCUT2D eigenvalue weighted by Gasteiger charge is 2.04. The maximum atomic E-state index is 10.3. The van der Waals surface area contributed by atoms with Crippen LogP contribution in [0.1, 0.15) is 18.4 Å². The van der Waals surface area contributed by atoms with Gasteiger partial charge >= 0.3 is 5.97 Å². The number of phenolic OH excluding ortho intramolecular Hbond substituents is 1. The van der Waals surface area contributed by atoms with Crippen molar-refractivity contribution in [3.63, 3.8) is 0 Å². The van der Waals surface area contributed by atoms with E-state index in [0.29, 0.717) is 18.6 Å². The smallest absolute Gasteiger partial charge is 0.303 e. The molecule has 0 aromatic heterocycles. The first-order chi connectivity index (χ1) is 7.13. The Morgan fingerprint density at radius 3 is 2.73 bits per heavy atom. The van der Waals surface area contributed by atoms with Crippen LogP contribution in [0.3, 0.4) is 0 Å². The summed E-state index contributed by atoms with van der Waals surface area (Å²) in [7, 11) is 1.53. The van der Waals surface area contributed by atoms with E-state index in [9.17, 15) is 9.90 Å². The van der Waals surface area contributed by atoms with Gasteiger partial charge in [0, 0.05) is 12.5 Å². The molecule has 0 atom stereocenters. The number of phenols is 1. The summed E-state index contributed by atoms with van der Waals surface area (Å²) in [5, 5.41) is 18.0.